The number of rotatable bonds is 17. The highest BCUT2D eigenvalue weighted by atomic mass is 31.2. The number of hydrogen-bond acceptors (Lipinski definition) is 0. The molecule has 0 amide bonds. The smallest absolute Gasteiger partial charge is 0.0594 e. The lowest BCUT2D eigenvalue weighted by Gasteiger charge is -2.28. The Balaban J connectivity index is 4.28. The van der Waals surface area contributed by atoms with E-state index in [0.717, 1.165) is 0 Å². The number of hydrogen-bond donors (Lipinski definition) is 0. The minimum Gasteiger partial charge on any atom is -0.0654 e. The van der Waals surface area contributed by atoms with Crippen LogP contribution < -0.4 is 0 Å². The van der Waals surface area contributed by atoms with Gasteiger partial charge in [-0.05, 0) is 38.5 Å². The molecule has 134 valence electrons. The van der Waals surface area contributed by atoms with E-state index in [1.165, 1.54) is 83.5 Å². The molecule has 0 N–H and O–H groups in total. The van der Waals surface area contributed by atoms with Crippen LogP contribution in [0.25, 0.3) is 0 Å². The third kappa shape index (κ3) is 11.9. The zero-order chi connectivity index (χ0) is 16.5. The van der Waals surface area contributed by atoms with Gasteiger partial charge in [-0.3, -0.25) is 0 Å². The second-order valence-electron chi connectivity index (χ2n) is 7.42. The first-order chi connectivity index (χ1) is 10.7. The highest BCUT2D eigenvalue weighted by Crippen LogP contribution is 2.61. The summed E-state index contributed by atoms with van der Waals surface area (Å²) in [6.45, 7) is 9.45. The van der Waals surface area contributed by atoms with Gasteiger partial charge in [0.05, 0.1) is 24.6 Å². The van der Waals surface area contributed by atoms with Gasteiger partial charge in [0.2, 0.25) is 0 Å². The van der Waals surface area contributed by atoms with Crippen LogP contribution >= 0.6 is 7.26 Å². The topological polar surface area (TPSA) is 0 Å². The van der Waals surface area contributed by atoms with Crippen LogP contribution in [0.2, 0.25) is 0 Å². The van der Waals surface area contributed by atoms with Crippen LogP contribution in [0.4, 0.5) is 0 Å². The largest absolute Gasteiger partial charge is 0.0654 e. The van der Waals surface area contributed by atoms with Crippen LogP contribution in [0, 0.1) is 0 Å². The Labute approximate surface area is 143 Å². The molecule has 0 unspecified atom stereocenters. The molecule has 0 spiro atoms. The van der Waals surface area contributed by atoms with E-state index in [0.29, 0.717) is 0 Å². The second kappa shape index (κ2) is 16.3. The molecule has 0 aromatic carbocycles. The summed E-state index contributed by atoms with van der Waals surface area (Å²) in [6.07, 6.45) is 25.5. The van der Waals surface area contributed by atoms with Crippen molar-refractivity contribution in [2.24, 2.45) is 0 Å². The standard InChI is InChI=1S/C21H46P/c1-5-9-12-14-16-20-22(18-8-4,19-11-7-3)21-17-15-13-10-6-2/h5-21H2,1-4H3/q+1. The molecular formula is C21H46P+. The fourth-order valence-corrected chi connectivity index (χ4v) is 8.81. The van der Waals surface area contributed by atoms with Crippen molar-refractivity contribution in [1.29, 1.82) is 0 Å². The van der Waals surface area contributed by atoms with Crippen molar-refractivity contribution in [2.75, 3.05) is 24.6 Å². The van der Waals surface area contributed by atoms with Gasteiger partial charge in [0, 0.05) is 7.26 Å². The second-order valence-corrected chi connectivity index (χ2v) is 11.9. The van der Waals surface area contributed by atoms with E-state index in [1.807, 2.05) is 0 Å². The molecule has 0 atom stereocenters. The van der Waals surface area contributed by atoms with E-state index in [1.54, 1.807) is 24.6 Å². The first-order valence-corrected chi connectivity index (χ1v) is 13.1. The monoisotopic (exact) mass is 329 g/mol. The van der Waals surface area contributed by atoms with E-state index in [9.17, 15) is 0 Å². The molecule has 0 radical (unpaired) electrons. The predicted molar refractivity (Wildman–Crippen MR) is 109 cm³/mol. The summed E-state index contributed by atoms with van der Waals surface area (Å²) in [6, 6.07) is 0. The third-order valence-electron chi connectivity index (χ3n) is 5.16. The SMILES string of the molecule is CCCCCCC[P+](CCC)(CCCC)CCCCCCC. The summed E-state index contributed by atoms with van der Waals surface area (Å²) in [5.74, 6) is 0. The third-order valence-corrected chi connectivity index (χ3v) is 10.3. The Hall–Kier alpha value is 0.430. The van der Waals surface area contributed by atoms with E-state index < -0.39 is 7.26 Å². The van der Waals surface area contributed by atoms with E-state index in [-0.39, 0.29) is 0 Å². The van der Waals surface area contributed by atoms with Gasteiger partial charge in [-0.25, -0.2) is 0 Å². The number of unbranched alkanes of at least 4 members (excludes halogenated alkanes) is 9. The van der Waals surface area contributed by atoms with Crippen LogP contribution in [0.1, 0.15) is 111 Å². The molecule has 0 aliphatic rings. The Morgan fingerprint density at radius 1 is 0.364 bits per heavy atom. The Morgan fingerprint density at radius 3 is 1.18 bits per heavy atom. The maximum Gasteiger partial charge on any atom is 0.0594 e. The normalized spacial score (nSPS) is 12.0. The fraction of sp³-hybridized carbons (Fsp3) is 1.00. The molecule has 0 aromatic heterocycles. The predicted octanol–water partition coefficient (Wildman–Crippen LogP) is 8.15. The average Bonchev–Trinajstić information content (AvgIpc) is 2.52. The molecule has 0 fully saturated rings. The molecule has 0 saturated heterocycles. The van der Waals surface area contributed by atoms with Crippen LogP contribution in [0.3, 0.4) is 0 Å². The average molecular weight is 330 g/mol. The Kier molecular flexibility index (Phi) is 16.6. The maximum atomic E-state index is 2.43. The van der Waals surface area contributed by atoms with Gasteiger partial charge in [0.25, 0.3) is 0 Å². The highest BCUT2D eigenvalue weighted by Gasteiger charge is 2.34. The van der Waals surface area contributed by atoms with E-state index in [4.69, 9.17) is 0 Å². The van der Waals surface area contributed by atoms with Gasteiger partial charge >= 0.3 is 0 Å². The zero-order valence-electron chi connectivity index (χ0n) is 16.5. The summed E-state index contributed by atoms with van der Waals surface area (Å²) in [7, 11) is -0.610. The van der Waals surface area contributed by atoms with Crippen molar-refractivity contribution in [3.63, 3.8) is 0 Å². The van der Waals surface area contributed by atoms with Crippen molar-refractivity contribution in [1.82, 2.24) is 0 Å². The lowest BCUT2D eigenvalue weighted by molar-refractivity contribution is 0.649. The van der Waals surface area contributed by atoms with Crippen LogP contribution in [-0.4, -0.2) is 24.6 Å². The van der Waals surface area contributed by atoms with E-state index in [2.05, 4.69) is 27.7 Å². The zero-order valence-corrected chi connectivity index (χ0v) is 17.4. The van der Waals surface area contributed by atoms with Crippen LogP contribution in [0.5, 0.6) is 0 Å². The summed E-state index contributed by atoms with van der Waals surface area (Å²) in [5, 5.41) is 0. The van der Waals surface area contributed by atoms with E-state index >= 15 is 0 Å². The molecule has 0 nitrogen and oxygen atoms in total. The molecule has 0 aliphatic heterocycles. The van der Waals surface area contributed by atoms with Gasteiger partial charge < -0.3 is 0 Å². The Bertz CT molecular complexity index is 198. The summed E-state index contributed by atoms with van der Waals surface area (Å²) in [5.41, 5.74) is 0. The summed E-state index contributed by atoms with van der Waals surface area (Å²) in [4.78, 5) is 0. The molecule has 0 heterocycles. The Morgan fingerprint density at radius 2 is 0.773 bits per heavy atom. The fourth-order valence-electron chi connectivity index (χ4n) is 3.74. The van der Waals surface area contributed by atoms with Crippen LogP contribution in [0.15, 0.2) is 0 Å². The summed E-state index contributed by atoms with van der Waals surface area (Å²) < 4.78 is 0. The highest BCUT2D eigenvalue weighted by molar-refractivity contribution is 7.75. The molecule has 0 rings (SSSR count). The van der Waals surface area contributed by atoms with Gasteiger partial charge in [0.1, 0.15) is 0 Å². The first-order valence-electron chi connectivity index (χ1n) is 10.6. The van der Waals surface area contributed by atoms with Crippen molar-refractivity contribution in [2.45, 2.75) is 111 Å². The van der Waals surface area contributed by atoms with Crippen molar-refractivity contribution < 1.29 is 0 Å². The lowest BCUT2D eigenvalue weighted by atomic mass is 10.2. The molecule has 0 aliphatic carbocycles. The molecule has 0 aromatic rings. The minimum absolute atomic E-state index is 0.610. The van der Waals surface area contributed by atoms with Crippen molar-refractivity contribution >= 4 is 7.26 Å². The van der Waals surface area contributed by atoms with Gasteiger partial charge in [-0.1, -0.05) is 72.6 Å². The quantitative estimate of drug-likeness (QED) is 0.186. The van der Waals surface area contributed by atoms with Gasteiger partial charge in [-0.2, -0.15) is 0 Å². The maximum absolute atomic E-state index is 2.43. The van der Waals surface area contributed by atoms with Gasteiger partial charge in [-0.15, -0.1) is 0 Å². The van der Waals surface area contributed by atoms with Gasteiger partial charge in [0.15, 0.2) is 0 Å². The first kappa shape index (κ1) is 22.4. The molecule has 0 bridgehead atoms. The molecular weight excluding hydrogens is 283 g/mol. The van der Waals surface area contributed by atoms with Crippen molar-refractivity contribution in [3.05, 3.63) is 0 Å². The molecule has 1 heteroatoms. The van der Waals surface area contributed by atoms with Crippen LogP contribution in [-0.2, 0) is 0 Å². The van der Waals surface area contributed by atoms with Crippen molar-refractivity contribution in [3.8, 4) is 0 Å². The lowest BCUT2D eigenvalue weighted by Crippen LogP contribution is -2.12. The molecule has 22 heavy (non-hydrogen) atoms. The molecule has 0 saturated carbocycles. The summed E-state index contributed by atoms with van der Waals surface area (Å²) >= 11 is 0. The minimum atomic E-state index is -0.610.